The van der Waals surface area contributed by atoms with Crippen molar-refractivity contribution in [3.8, 4) is 5.75 Å². The van der Waals surface area contributed by atoms with Crippen LogP contribution in [0.4, 0.5) is 5.69 Å². The number of nitrogens with one attached hydrogen (secondary N) is 1. The molecule has 0 radical (unpaired) electrons. The van der Waals surface area contributed by atoms with E-state index >= 15 is 0 Å². The lowest BCUT2D eigenvalue weighted by Gasteiger charge is -2.10. The SMILES string of the molecule is COc1cc(Br)cc(NCc2ccncc2Cl)c1. The molecular weight excluding hydrogens is 316 g/mol. The van der Waals surface area contributed by atoms with E-state index in [4.69, 9.17) is 16.3 Å². The Morgan fingerprint density at radius 3 is 2.94 bits per heavy atom. The minimum atomic E-state index is 0.640. The molecule has 2 aromatic rings. The molecule has 1 aromatic heterocycles. The van der Waals surface area contributed by atoms with E-state index in [0.717, 1.165) is 21.5 Å². The van der Waals surface area contributed by atoms with Crippen LogP contribution in [0.5, 0.6) is 5.75 Å². The van der Waals surface area contributed by atoms with Gasteiger partial charge in [0.15, 0.2) is 0 Å². The van der Waals surface area contributed by atoms with Crippen molar-refractivity contribution in [1.82, 2.24) is 4.98 Å². The topological polar surface area (TPSA) is 34.1 Å². The van der Waals surface area contributed by atoms with Gasteiger partial charge in [0.2, 0.25) is 0 Å². The number of rotatable bonds is 4. The minimum Gasteiger partial charge on any atom is -0.497 e. The van der Waals surface area contributed by atoms with E-state index in [-0.39, 0.29) is 0 Å². The second-order valence-corrected chi connectivity index (χ2v) is 5.02. The van der Waals surface area contributed by atoms with E-state index in [9.17, 15) is 0 Å². The summed E-state index contributed by atoms with van der Waals surface area (Å²) in [5.41, 5.74) is 1.97. The number of hydrogen-bond acceptors (Lipinski definition) is 3. The molecule has 1 aromatic carbocycles. The first-order valence-corrected chi connectivity index (χ1v) is 6.53. The molecule has 0 saturated heterocycles. The van der Waals surface area contributed by atoms with Gasteiger partial charge in [0.05, 0.1) is 12.1 Å². The summed E-state index contributed by atoms with van der Waals surface area (Å²) in [5, 5.41) is 3.95. The zero-order chi connectivity index (χ0) is 13.0. The fourth-order valence-electron chi connectivity index (χ4n) is 1.53. The Kier molecular flexibility index (Phi) is 4.44. The second kappa shape index (κ2) is 6.07. The third-order valence-corrected chi connectivity index (χ3v) is 3.24. The van der Waals surface area contributed by atoms with Crippen LogP contribution >= 0.6 is 27.5 Å². The summed E-state index contributed by atoms with van der Waals surface area (Å²) in [6, 6.07) is 7.71. The molecule has 18 heavy (non-hydrogen) atoms. The van der Waals surface area contributed by atoms with Gasteiger partial charge in [-0.25, -0.2) is 0 Å². The van der Waals surface area contributed by atoms with Crippen LogP contribution in [0, 0.1) is 0 Å². The van der Waals surface area contributed by atoms with Crippen LogP contribution in [-0.2, 0) is 6.54 Å². The van der Waals surface area contributed by atoms with Gasteiger partial charge in [-0.3, -0.25) is 4.98 Å². The van der Waals surface area contributed by atoms with Gasteiger partial charge in [-0.2, -0.15) is 0 Å². The number of anilines is 1. The number of benzene rings is 1. The van der Waals surface area contributed by atoms with E-state index in [2.05, 4.69) is 26.2 Å². The highest BCUT2D eigenvalue weighted by Gasteiger charge is 2.02. The highest BCUT2D eigenvalue weighted by Crippen LogP contribution is 2.25. The number of ether oxygens (including phenoxy) is 1. The van der Waals surface area contributed by atoms with Crippen molar-refractivity contribution in [2.24, 2.45) is 0 Å². The highest BCUT2D eigenvalue weighted by molar-refractivity contribution is 9.10. The Morgan fingerprint density at radius 1 is 1.39 bits per heavy atom. The van der Waals surface area contributed by atoms with E-state index in [0.29, 0.717) is 11.6 Å². The number of nitrogens with zero attached hydrogens (tertiary/aromatic N) is 1. The molecule has 0 aliphatic carbocycles. The van der Waals surface area contributed by atoms with E-state index in [1.165, 1.54) is 0 Å². The number of methoxy groups -OCH3 is 1. The first kappa shape index (κ1) is 13.2. The Bertz CT molecular complexity index is 548. The van der Waals surface area contributed by atoms with Gasteiger partial charge in [0.1, 0.15) is 5.75 Å². The molecule has 5 heteroatoms. The van der Waals surface area contributed by atoms with Gasteiger partial charge in [0, 0.05) is 35.2 Å². The quantitative estimate of drug-likeness (QED) is 0.917. The van der Waals surface area contributed by atoms with Crippen molar-refractivity contribution < 1.29 is 4.74 Å². The van der Waals surface area contributed by atoms with Crippen molar-refractivity contribution >= 4 is 33.2 Å². The predicted molar refractivity (Wildman–Crippen MR) is 77.3 cm³/mol. The first-order chi connectivity index (χ1) is 8.69. The average molecular weight is 328 g/mol. The molecular formula is C13H12BrClN2O. The number of pyridine rings is 1. The monoisotopic (exact) mass is 326 g/mol. The number of hydrogen-bond donors (Lipinski definition) is 1. The third kappa shape index (κ3) is 3.37. The van der Waals surface area contributed by atoms with Gasteiger partial charge < -0.3 is 10.1 Å². The van der Waals surface area contributed by atoms with E-state index in [1.54, 1.807) is 19.5 Å². The van der Waals surface area contributed by atoms with Crippen LogP contribution in [0.25, 0.3) is 0 Å². The van der Waals surface area contributed by atoms with Crippen molar-refractivity contribution in [2.45, 2.75) is 6.54 Å². The lowest BCUT2D eigenvalue weighted by Crippen LogP contribution is -2.00. The lowest BCUT2D eigenvalue weighted by molar-refractivity contribution is 0.414. The molecule has 0 aliphatic rings. The molecule has 0 bridgehead atoms. The molecule has 3 nitrogen and oxygen atoms in total. The zero-order valence-electron chi connectivity index (χ0n) is 9.78. The summed E-state index contributed by atoms with van der Waals surface area (Å²) < 4.78 is 6.17. The number of halogens is 2. The Labute approximate surface area is 119 Å². The lowest BCUT2D eigenvalue weighted by atomic mass is 10.2. The van der Waals surface area contributed by atoms with E-state index < -0.39 is 0 Å². The highest BCUT2D eigenvalue weighted by atomic mass is 79.9. The molecule has 94 valence electrons. The van der Waals surface area contributed by atoms with Gasteiger partial charge in [-0.15, -0.1) is 0 Å². The fraction of sp³-hybridized carbons (Fsp3) is 0.154. The van der Waals surface area contributed by atoms with Gasteiger partial charge >= 0.3 is 0 Å². The van der Waals surface area contributed by atoms with Crippen LogP contribution in [0.3, 0.4) is 0 Å². The minimum absolute atomic E-state index is 0.640. The van der Waals surface area contributed by atoms with Crippen LogP contribution < -0.4 is 10.1 Å². The smallest absolute Gasteiger partial charge is 0.122 e. The van der Waals surface area contributed by atoms with Crippen LogP contribution in [0.1, 0.15) is 5.56 Å². The van der Waals surface area contributed by atoms with Gasteiger partial charge in [0.25, 0.3) is 0 Å². The molecule has 0 aliphatic heterocycles. The molecule has 1 N–H and O–H groups in total. The summed E-state index contributed by atoms with van der Waals surface area (Å²) in [6.07, 6.45) is 3.37. The summed E-state index contributed by atoms with van der Waals surface area (Å²) >= 11 is 9.48. The largest absolute Gasteiger partial charge is 0.497 e. The summed E-state index contributed by atoms with van der Waals surface area (Å²) in [5.74, 6) is 0.799. The van der Waals surface area contributed by atoms with Crippen LogP contribution in [0.2, 0.25) is 5.02 Å². The molecule has 0 fully saturated rings. The Hall–Kier alpha value is -1.26. The molecule has 1 heterocycles. The molecule has 0 unspecified atom stereocenters. The van der Waals surface area contributed by atoms with Crippen molar-refractivity contribution in [3.05, 3.63) is 51.7 Å². The first-order valence-electron chi connectivity index (χ1n) is 5.36. The van der Waals surface area contributed by atoms with Crippen molar-refractivity contribution in [1.29, 1.82) is 0 Å². The Balaban J connectivity index is 2.11. The van der Waals surface area contributed by atoms with Crippen LogP contribution in [0.15, 0.2) is 41.1 Å². The summed E-state index contributed by atoms with van der Waals surface area (Å²) in [4.78, 5) is 3.95. The van der Waals surface area contributed by atoms with Crippen molar-refractivity contribution in [3.63, 3.8) is 0 Å². The van der Waals surface area contributed by atoms with Gasteiger partial charge in [-0.05, 0) is 23.8 Å². The molecule has 2 rings (SSSR count). The molecule has 0 amide bonds. The summed E-state index contributed by atoms with van der Waals surface area (Å²) in [7, 11) is 1.64. The fourth-order valence-corrected chi connectivity index (χ4v) is 2.19. The maximum absolute atomic E-state index is 6.04. The Morgan fingerprint density at radius 2 is 2.22 bits per heavy atom. The van der Waals surface area contributed by atoms with Gasteiger partial charge in [-0.1, -0.05) is 27.5 Å². The molecule has 0 spiro atoms. The van der Waals surface area contributed by atoms with Crippen LogP contribution in [-0.4, -0.2) is 12.1 Å². The predicted octanol–water partition coefficient (Wildman–Crippen LogP) is 4.12. The second-order valence-electron chi connectivity index (χ2n) is 3.70. The standard InChI is InChI=1S/C13H12BrClN2O/c1-18-12-5-10(14)4-11(6-12)17-7-9-2-3-16-8-13(9)15/h2-6,8,17H,7H2,1H3. The number of aromatic nitrogens is 1. The van der Waals surface area contributed by atoms with E-state index in [1.807, 2.05) is 24.3 Å². The summed E-state index contributed by atoms with van der Waals surface area (Å²) in [6.45, 7) is 0.640. The third-order valence-electron chi connectivity index (χ3n) is 2.45. The van der Waals surface area contributed by atoms with Crippen molar-refractivity contribution in [2.75, 3.05) is 12.4 Å². The normalized spacial score (nSPS) is 10.2. The molecule has 0 saturated carbocycles. The maximum atomic E-state index is 6.04. The average Bonchev–Trinajstić information content (AvgIpc) is 2.37. The molecule has 0 atom stereocenters. The zero-order valence-corrected chi connectivity index (χ0v) is 12.1. The maximum Gasteiger partial charge on any atom is 0.122 e.